The Morgan fingerprint density at radius 3 is 2.84 bits per heavy atom. The Hall–Kier alpha value is -1.45. The quantitative estimate of drug-likeness (QED) is 0.865. The molecular formula is C16H22N2O. The molecule has 1 aromatic heterocycles. The van der Waals surface area contributed by atoms with Crippen molar-refractivity contribution in [3.63, 3.8) is 0 Å². The Kier molecular flexibility index (Phi) is 4.88. The molecule has 0 spiro atoms. The lowest BCUT2D eigenvalue weighted by Gasteiger charge is -2.18. The van der Waals surface area contributed by atoms with Gasteiger partial charge >= 0.3 is 0 Å². The summed E-state index contributed by atoms with van der Waals surface area (Å²) in [6, 6.07) is 10.9. The van der Waals surface area contributed by atoms with Crippen molar-refractivity contribution in [2.75, 3.05) is 20.3 Å². The van der Waals surface area contributed by atoms with Gasteiger partial charge in [-0.2, -0.15) is 0 Å². The molecule has 0 bridgehead atoms. The van der Waals surface area contributed by atoms with Gasteiger partial charge in [-0.15, -0.1) is 0 Å². The van der Waals surface area contributed by atoms with Crippen LogP contribution in [0.15, 0.2) is 30.3 Å². The molecule has 0 aliphatic rings. The maximum absolute atomic E-state index is 5.29. The Balaban J connectivity index is 2.32. The number of nitrogens with zero attached hydrogens (tertiary/aromatic N) is 1. The summed E-state index contributed by atoms with van der Waals surface area (Å²) >= 11 is 0. The highest BCUT2D eigenvalue weighted by Gasteiger charge is 2.11. The standard InChI is InChI=1S/C16H22N2O/c1-4-17-14(11-19-3)10-13-9-12(2)18-16-8-6-5-7-15(13)16/h5-9,14,17H,4,10-11H2,1-3H3. The van der Waals surface area contributed by atoms with Crippen molar-refractivity contribution in [3.8, 4) is 0 Å². The lowest BCUT2D eigenvalue weighted by molar-refractivity contribution is 0.167. The molecule has 1 heterocycles. The lowest BCUT2D eigenvalue weighted by Crippen LogP contribution is -2.35. The second-order valence-electron chi connectivity index (χ2n) is 4.85. The molecule has 1 unspecified atom stereocenters. The van der Waals surface area contributed by atoms with Gasteiger partial charge in [0.1, 0.15) is 0 Å². The summed E-state index contributed by atoms with van der Waals surface area (Å²) in [6.07, 6.45) is 0.964. The number of hydrogen-bond acceptors (Lipinski definition) is 3. The van der Waals surface area contributed by atoms with Gasteiger partial charge in [0.2, 0.25) is 0 Å². The van der Waals surface area contributed by atoms with Gasteiger partial charge in [0.25, 0.3) is 0 Å². The van der Waals surface area contributed by atoms with Gasteiger partial charge in [-0.1, -0.05) is 25.1 Å². The third kappa shape index (κ3) is 3.52. The van der Waals surface area contributed by atoms with Crippen molar-refractivity contribution >= 4 is 10.9 Å². The minimum atomic E-state index is 0.347. The number of aromatic nitrogens is 1. The van der Waals surface area contributed by atoms with E-state index in [-0.39, 0.29) is 0 Å². The van der Waals surface area contributed by atoms with Crippen LogP contribution in [0.25, 0.3) is 10.9 Å². The van der Waals surface area contributed by atoms with E-state index in [4.69, 9.17) is 4.74 Å². The summed E-state index contributed by atoms with van der Waals surface area (Å²) in [7, 11) is 1.75. The molecule has 0 radical (unpaired) electrons. The fourth-order valence-electron chi connectivity index (χ4n) is 2.51. The van der Waals surface area contributed by atoms with Gasteiger partial charge in [0.15, 0.2) is 0 Å². The molecule has 0 aliphatic heterocycles. The van der Waals surface area contributed by atoms with Crippen molar-refractivity contribution in [3.05, 3.63) is 41.6 Å². The molecular weight excluding hydrogens is 236 g/mol. The highest BCUT2D eigenvalue weighted by atomic mass is 16.5. The van der Waals surface area contributed by atoms with Gasteiger partial charge in [-0.25, -0.2) is 0 Å². The zero-order valence-electron chi connectivity index (χ0n) is 11.9. The monoisotopic (exact) mass is 258 g/mol. The predicted octanol–water partition coefficient (Wildman–Crippen LogP) is 2.71. The van der Waals surface area contributed by atoms with Crippen LogP contribution in [-0.2, 0) is 11.2 Å². The van der Waals surface area contributed by atoms with Crippen molar-refractivity contribution in [1.82, 2.24) is 10.3 Å². The van der Waals surface area contributed by atoms with Gasteiger partial charge in [0.05, 0.1) is 12.1 Å². The molecule has 2 rings (SSSR count). The molecule has 3 heteroatoms. The van der Waals surface area contributed by atoms with Crippen LogP contribution in [0, 0.1) is 6.92 Å². The fourth-order valence-corrected chi connectivity index (χ4v) is 2.51. The van der Waals surface area contributed by atoms with Gasteiger partial charge in [0, 0.05) is 24.2 Å². The van der Waals surface area contributed by atoms with Crippen molar-refractivity contribution in [2.45, 2.75) is 26.3 Å². The van der Waals surface area contributed by atoms with E-state index < -0.39 is 0 Å². The normalized spacial score (nSPS) is 12.8. The summed E-state index contributed by atoms with van der Waals surface area (Å²) in [5.74, 6) is 0. The molecule has 1 atom stereocenters. The number of likely N-dealkylation sites (N-methyl/N-ethyl adjacent to an activating group) is 1. The molecule has 3 nitrogen and oxygen atoms in total. The maximum Gasteiger partial charge on any atom is 0.0707 e. The summed E-state index contributed by atoms with van der Waals surface area (Å²) in [6.45, 7) is 5.85. The first kappa shape index (κ1) is 14.0. The van der Waals surface area contributed by atoms with Crippen molar-refractivity contribution < 1.29 is 4.74 Å². The fraction of sp³-hybridized carbons (Fsp3) is 0.438. The minimum Gasteiger partial charge on any atom is -0.383 e. The summed E-state index contributed by atoms with van der Waals surface area (Å²) in [5, 5.41) is 4.71. The number of nitrogens with one attached hydrogen (secondary N) is 1. The average Bonchev–Trinajstić information content (AvgIpc) is 2.39. The number of rotatable bonds is 6. The van der Waals surface area contributed by atoms with Crippen molar-refractivity contribution in [1.29, 1.82) is 0 Å². The van der Waals surface area contributed by atoms with E-state index in [1.807, 2.05) is 6.07 Å². The summed E-state index contributed by atoms with van der Waals surface area (Å²) in [4.78, 5) is 4.58. The zero-order chi connectivity index (χ0) is 13.7. The first-order valence-corrected chi connectivity index (χ1v) is 6.82. The zero-order valence-corrected chi connectivity index (χ0v) is 11.9. The number of aryl methyl sites for hydroxylation is 1. The summed E-state index contributed by atoms with van der Waals surface area (Å²) in [5.41, 5.74) is 3.48. The molecule has 0 fully saturated rings. The Labute approximate surface area is 115 Å². The van der Waals surface area contributed by atoms with Crippen LogP contribution in [0.3, 0.4) is 0 Å². The third-order valence-corrected chi connectivity index (χ3v) is 3.26. The predicted molar refractivity (Wildman–Crippen MR) is 79.5 cm³/mol. The molecule has 0 saturated heterocycles. The van der Waals surface area contributed by atoms with Crippen LogP contribution >= 0.6 is 0 Å². The number of para-hydroxylation sites is 1. The van der Waals surface area contributed by atoms with Crippen LogP contribution in [0.1, 0.15) is 18.2 Å². The van der Waals surface area contributed by atoms with Gasteiger partial charge in [-0.3, -0.25) is 4.98 Å². The highest BCUT2D eigenvalue weighted by molar-refractivity contribution is 5.82. The smallest absolute Gasteiger partial charge is 0.0707 e. The summed E-state index contributed by atoms with van der Waals surface area (Å²) < 4.78 is 5.29. The number of fused-ring (bicyclic) bond motifs is 1. The van der Waals surface area contributed by atoms with E-state index in [1.165, 1.54) is 10.9 Å². The number of benzene rings is 1. The SMILES string of the molecule is CCNC(COC)Cc1cc(C)nc2ccccc12. The third-order valence-electron chi connectivity index (χ3n) is 3.26. The van der Waals surface area contributed by atoms with E-state index in [0.29, 0.717) is 6.04 Å². The topological polar surface area (TPSA) is 34.1 Å². The molecule has 102 valence electrons. The number of pyridine rings is 1. The lowest BCUT2D eigenvalue weighted by atomic mass is 10.0. The Bertz CT molecular complexity index is 533. The van der Waals surface area contributed by atoms with Crippen LogP contribution < -0.4 is 5.32 Å². The molecule has 1 aromatic carbocycles. The Morgan fingerprint density at radius 2 is 2.11 bits per heavy atom. The van der Waals surface area contributed by atoms with Crippen LogP contribution in [-0.4, -0.2) is 31.3 Å². The molecule has 19 heavy (non-hydrogen) atoms. The van der Waals surface area contributed by atoms with Gasteiger partial charge < -0.3 is 10.1 Å². The van der Waals surface area contributed by atoms with E-state index >= 15 is 0 Å². The molecule has 0 amide bonds. The minimum absolute atomic E-state index is 0.347. The molecule has 0 aliphatic carbocycles. The van der Waals surface area contributed by atoms with Crippen LogP contribution in [0.2, 0.25) is 0 Å². The first-order chi connectivity index (χ1) is 9.24. The second-order valence-corrected chi connectivity index (χ2v) is 4.85. The molecule has 1 N–H and O–H groups in total. The van der Waals surface area contributed by atoms with E-state index in [0.717, 1.165) is 30.8 Å². The second kappa shape index (κ2) is 6.64. The maximum atomic E-state index is 5.29. The van der Waals surface area contributed by atoms with Crippen LogP contribution in [0.5, 0.6) is 0 Å². The molecule has 0 saturated carbocycles. The number of methoxy groups -OCH3 is 1. The highest BCUT2D eigenvalue weighted by Crippen LogP contribution is 2.19. The first-order valence-electron chi connectivity index (χ1n) is 6.82. The van der Waals surface area contributed by atoms with Gasteiger partial charge in [-0.05, 0) is 37.6 Å². The van der Waals surface area contributed by atoms with E-state index in [2.05, 4.69) is 48.4 Å². The largest absolute Gasteiger partial charge is 0.383 e. The number of hydrogen-bond donors (Lipinski definition) is 1. The average molecular weight is 258 g/mol. The van der Waals surface area contributed by atoms with E-state index in [1.54, 1.807) is 7.11 Å². The number of ether oxygens (including phenoxy) is 1. The van der Waals surface area contributed by atoms with Crippen LogP contribution in [0.4, 0.5) is 0 Å². The molecule has 2 aromatic rings. The van der Waals surface area contributed by atoms with E-state index in [9.17, 15) is 0 Å². The Morgan fingerprint density at radius 1 is 1.32 bits per heavy atom. The van der Waals surface area contributed by atoms with Crippen molar-refractivity contribution in [2.24, 2.45) is 0 Å².